The molecule has 2 heterocycles. The molecule has 1 unspecified atom stereocenters. The van der Waals surface area contributed by atoms with Crippen LogP contribution in [0, 0.1) is 0 Å². The van der Waals surface area contributed by atoms with Crippen molar-refractivity contribution < 1.29 is 9.59 Å². The number of carbonyl (C=O) groups excluding carboxylic acids is 2. The van der Waals surface area contributed by atoms with Crippen LogP contribution in [-0.4, -0.2) is 52.3 Å². The third-order valence-electron chi connectivity index (χ3n) is 5.91. The highest BCUT2D eigenvalue weighted by Gasteiger charge is 2.34. The molecule has 0 bridgehead atoms. The van der Waals surface area contributed by atoms with Gasteiger partial charge in [-0.3, -0.25) is 14.5 Å². The zero-order chi connectivity index (χ0) is 20.4. The van der Waals surface area contributed by atoms with E-state index in [0.717, 1.165) is 51.6 Å². The molecule has 7 heteroatoms. The smallest absolute Gasteiger partial charge is 0.261 e. The molecule has 2 aromatic rings. The predicted octanol–water partition coefficient (Wildman–Crippen LogP) is 3.37. The summed E-state index contributed by atoms with van der Waals surface area (Å²) in [6, 6.07) is 7.62. The van der Waals surface area contributed by atoms with Gasteiger partial charge in [-0.15, -0.1) is 11.3 Å². The third kappa shape index (κ3) is 4.07. The summed E-state index contributed by atoms with van der Waals surface area (Å²) in [5.41, 5.74) is 8.14. The van der Waals surface area contributed by atoms with Gasteiger partial charge in [0, 0.05) is 17.5 Å². The quantitative estimate of drug-likeness (QED) is 0.531. The van der Waals surface area contributed by atoms with Crippen LogP contribution in [0.5, 0.6) is 0 Å². The first-order valence-electron chi connectivity index (χ1n) is 10.5. The van der Waals surface area contributed by atoms with Crippen molar-refractivity contribution in [3.8, 4) is 0 Å². The van der Waals surface area contributed by atoms with Crippen LogP contribution in [0.4, 0.5) is 5.13 Å². The number of amides is 2. The third-order valence-corrected chi connectivity index (χ3v) is 6.86. The van der Waals surface area contributed by atoms with Gasteiger partial charge in [-0.05, 0) is 63.7 Å². The van der Waals surface area contributed by atoms with Crippen molar-refractivity contribution in [1.29, 1.82) is 0 Å². The second-order valence-electron chi connectivity index (χ2n) is 7.87. The molecule has 0 fully saturated rings. The van der Waals surface area contributed by atoms with Gasteiger partial charge in [-0.2, -0.15) is 0 Å². The number of thiazole rings is 1. The van der Waals surface area contributed by atoms with Crippen molar-refractivity contribution in [2.75, 3.05) is 25.4 Å². The number of imide groups is 1. The normalized spacial score (nSPS) is 18.4. The lowest BCUT2D eigenvalue weighted by molar-refractivity contribution is 0.0649. The Kier molecular flexibility index (Phi) is 5.96. The Morgan fingerprint density at radius 2 is 1.90 bits per heavy atom. The summed E-state index contributed by atoms with van der Waals surface area (Å²) in [4.78, 5) is 34.7. The maximum atomic E-state index is 12.5. The number of carbonyl (C=O) groups is 2. The minimum absolute atomic E-state index is 0.154. The molecule has 29 heavy (non-hydrogen) atoms. The van der Waals surface area contributed by atoms with E-state index >= 15 is 0 Å². The molecule has 1 aromatic carbocycles. The lowest BCUT2D eigenvalue weighted by Crippen LogP contribution is -2.40. The Bertz CT molecular complexity index is 875. The number of rotatable bonds is 8. The largest absolute Gasteiger partial charge is 0.375 e. The summed E-state index contributed by atoms with van der Waals surface area (Å²) < 4.78 is 0. The highest BCUT2D eigenvalue weighted by Crippen LogP contribution is 2.30. The number of nitrogens with zero attached hydrogens (tertiary/aromatic N) is 3. The summed E-state index contributed by atoms with van der Waals surface area (Å²) in [5.74, 6) is -0.308. The molecule has 0 spiro atoms. The second kappa shape index (κ2) is 8.63. The number of benzene rings is 1. The van der Waals surface area contributed by atoms with Gasteiger partial charge in [0.15, 0.2) is 5.13 Å². The van der Waals surface area contributed by atoms with Crippen LogP contribution in [0.3, 0.4) is 0 Å². The zero-order valence-electron chi connectivity index (χ0n) is 16.9. The zero-order valence-corrected chi connectivity index (χ0v) is 17.7. The number of unbranched alkanes of at least 4 members (excludes halogenated alkanes) is 1. The average molecular weight is 413 g/mol. The average Bonchev–Trinajstić information content (AvgIpc) is 3.21. The molecule has 2 amide bonds. The lowest BCUT2D eigenvalue weighted by atomic mass is 9.96. The fourth-order valence-electron chi connectivity index (χ4n) is 4.48. The fourth-order valence-corrected chi connectivity index (χ4v) is 5.43. The predicted molar refractivity (Wildman–Crippen MR) is 115 cm³/mol. The van der Waals surface area contributed by atoms with Crippen LogP contribution in [0.15, 0.2) is 24.3 Å². The van der Waals surface area contributed by atoms with E-state index < -0.39 is 0 Å². The molecule has 6 nitrogen and oxygen atoms in total. The molecule has 2 N–H and O–H groups in total. The number of aryl methyl sites for hydroxylation is 1. The number of nitrogens with two attached hydrogens (primary N) is 1. The van der Waals surface area contributed by atoms with E-state index in [4.69, 9.17) is 5.73 Å². The fraction of sp³-hybridized carbons (Fsp3) is 0.500. The molecule has 1 aromatic heterocycles. The van der Waals surface area contributed by atoms with Gasteiger partial charge in [-0.25, -0.2) is 4.98 Å². The van der Waals surface area contributed by atoms with Crippen molar-refractivity contribution in [2.45, 2.75) is 51.5 Å². The van der Waals surface area contributed by atoms with Crippen LogP contribution >= 0.6 is 11.3 Å². The Hall–Kier alpha value is -2.25. The number of nitrogen functional groups attached to an aromatic ring is 1. The standard InChI is InChI=1S/C22H28N4O2S/c1-2-11-25(15-9-10-18-19(14-15)29-22(23)24-18)12-5-6-13-26-20(27)16-7-3-4-8-17(16)21(26)28/h3-4,7-8,15H,2,5-6,9-14H2,1H3,(H2,23,24). The van der Waals surface area contributed by atoms with Crippen LogP contribution in [0.25, 0.3) is 0 Å². The van der Waals surface area contributed by atoms with Crippen LogP contribution in [0.1, 0.15) is 63.9 Å². The summed E-state index contributed by atoms with van der Waals surface area (Å²) in [5, 5.41) is 0.679. The number of aromatic nitrogens is 1. The Balaban J connectivity index is 1.30. The van der Waals surface area contributed by atoms with Crippen molar-refractivity contribution in [3.05, 3.63) is 46.0 Å². The van der Waals surface area contributed by atoms with E-state index in [1.807, 2.05) is 12.1 Å². The van der Waals surface area contributed by atoms with Crippen LogP contribution in [-0.2, 0) is 12.8 Å². The highest BCUT2D eigenvalue weighted by molar-refractivity contribution is 7.15. The molecule has 1 atom stereocenters. The molecule has 2 aliphatic rings. The second-order valence-corrected chi connectivity index (χ2v) is 8.98. The molecule has 154 valence electrons. The first kappa shape index (κ1) is 20.0. The van der Waals surface area contributed by atoms with E-state index in [-0.39, 0.29) is 11.8 Å². The lowest BCUT2D eigenvalue weighted by Gasteiger charge is -2.33. The molecule has 0 saturated heterocycles. The highest BCUT2D eigenvalue weighted by atomic mass is 32.1. The van der Waals surface area contributed by atoms with Crippen LogP contribution in [0.2, 0.25) is 0 Å². The SMILES string of the molecule is CCCN(CCCCN1C(=O)c2ccccc2C1=O)C1CCc2nc(N)sc2C1. The van der Waals surface area contributed by atoms with Crippen molar-refractivity contribution in [3.63, 3.8) is 0 Å². The molecule has 1 aliphatic heterocycles. The molecule has 0 saturated carbocycles. The van der Waals surface area contributed by atoms with Gasteiger partial charge in [0.2, 0.25) is 0 Å². The van der Waals surface area contributed by atoms with Crippen LogP contribution < -0.4 is 5.73 Å². The summed E-state index contributed by atoms with van der Waals surface area (Å²) >= 11 is 1.63. The van der Waals surface area contributed by atoms with E-state index in [1.54, 1.807) is 23.5 Å². The minimum Gasteiger partial charge on any atom is -0.375 e. The first-order valence-corrected chi connectivity index (χ1v) is 11.3. The number of anilines is 1. The van der Waals surface area contributed by atoms with Gasteiger partial charge in [-0.1, -0.05) is 19.1 Å². The van der Waals surface area contributed by atoms with Gasteiger partial charge in [0.1, 0.15) is 0 Å². The summed E-state index contributed by atoms with van der Waals surface area (Å²) in [7, 11) is 0. The molecule has 4 rings (SSSR count). The van der Waals surface area contributed by atoms with Crippen molar-refractivity contribution in [1.82, 2.24) is 14.8 Å². The van der Waals surface area contributed by atoms with Gasteiger partial charge in [0.05, 0.1) is 16.8 Å². The molecule has 0 radical (unpaired) electrons. The van der Waals surface area contributed by atoms with E-state index in [0.29, 0.717) is 28.8 Å². The molecular formula is C22H28N4O2S. The van der Waals surface area contributed by atoms with Gasteiger partial charge in [0.25, 0.3) is 11.8 Å². The van der Waals surface area contributed by atoms with Gasteiger partial charge < -0.3 is 10.6 Å². The maximum Gasteiger partial charge on any atom is 0.261 e. The summed E-state index contributed by atoms with van der Waals surface area (Å²) in [6.07, 6.45) is 6.07. The Labute approximate surface area is 175 Å². The Morgan fingerprint density at radius 3 is 2.59 bits per heavy atom. The maximum absolute atomic E-state index is 12.5. The van der Waals surface area contributed by atoms with E-state index in [1.165, 1.54) is 15.5 Å². The number of hydrogen-bond donors (Lipinski definition) is 1. The van der Waals surface area contributed by atoms with Gasteiger partial charge >= 0.3 is 0 Å². The first-order chi connectivity index (χ1) is 14.1. The Morgan fingerprint density at radius 1 is 1.17 bits per heavy atom. The molecular weight excluding hydrogens is 384 g/mol. The monoisotopic (exact) mass is 412 g/mol. The molecule has 1 aliphatic carbocycles. The van der Waals surface area contributed by atoms with E-state index in [2.05, 4.69) is 16.8 Å². The number of hydrogen-bond acceptors (Lipinski definition) is 6. The van der Waals surface area contributed by atoms with Crippen molar-refractivity contribution >= 4 is 28.3 Å². The van der Waals surface area contributed by atoms with E-state index in [9.17, 15) is 9.59 Å². The summed E-state index contributed by atoms with van der Waals surface area (Å²) in [6.45, 7) is 4.77. The topological polar surface area (TPSA) is 79.5 Å². The minimum atomic E-state index is -0.154. The number of fused-ring (bicyclic) bond motifs is 2. The van der Waals surface area contributed by atoms with Crippen molar-refractivity contribution in [2.24, 2.45) is 0 Å².